The number of carbonyl (C=O) groups is 2. The van der Waals surface area contributed by atoms with Crippen LogP contribution in [0, 0.1) is 12.8 Å². The van der Waals surface area contributed by atoms with Crippen molar-refractivity contribution in [1.29, 1.82) is 0 Å². The zero-order chi connectivity index (χ0) is 16.4. The smallest absolute Gasteiger partial charge is 0.303 e. The van der Waals surface area contributed by atoms with E-state index in [2.05, 4.69) is 23.7 Å². The minimum Gasteiger partial charge on any atom is -0.481 e. The molecule has 2 unspecified atom stereocenters. The molecule has 0 radical (unpaired) electrons. The first-order valence-corrected chi connectivity index (χ1v) is 8.58. The van der Waals surface area contributed by atoms with Gasteiger partial charge in [0.2, 0.25) is 5.91 Å². The Morgan fingerprint density at radius 2 is 2.17 bits per heavy atom. The number of aryl methyl sites for hydroxylation is 2. The molecule has 1 aromatic carbocycles. The molecule has 1 fully saturated rings. The zero-order valence-electron chi connectivity index (χ0n) is 12.9. The zero-order valence-corrected chi connectivity index (χ0v) is 13.7. The molecule has 2 aromatic rings. The molecule has 2 N–H and O–H groups in total. The number of nitrogens with one attached hydrogen (secondary N) is 1. The monoisotopic (exact) mass is 329 g/mol. The van der Waals surface area contributed by atoms with E-state index in [1.54, 1.807) is 11.3 Å². The normalized spacial score (nSPS) is 19.3. The van der Waals surface area contributed by atoms with Gasteiger partial charge in [0.15, 0.2) is 0 Å². The van der Waals surface area contributed by atoms with E-state index in [1.165, 1.54) is 10.4 Å². The van der Waals surface area contributed by atoms with Crippen molar-refractivity contribution in [2.45, 2.75) is 32.1 Å². The van der Waals surface area contributed by atoms with E-state index in [9.17, 15) is 9.59 Å². The molecular formula is C18H19NO3S. The molecule has 0 aliphatic heterocycles. The lowest BCUT2D eigenvalue weighted by Gasteiger charge is -2.07. The summed E-state index contributed by atoms with van der Waals surface area (Å²) < 4.78 is 0. The lowest BCUT2D eigenvalue weighted by Crippen LogP contribution is -2.14. The van der Waals surface area contributed by atoms with Crippen molar-refractivity contribution in [3.63, 3.8) is 0 Å². The van der Waals surface area contributed by atoms with Crippen LogP contribution < -0.4 is 5.32 Å². The van der Waals surface area contributed by atoms with Crippen LogP contribution in [0.15, 0.2) is 35.7 Å². The van der Waals surface area contributed by atoms with Crippen LogP contribution in [0.1, 0.15) is 34.8 Å². The second-order valence-corrected chi connectivity index (χ2v) is 6.95. The highest BCUT2D eigenvalue weighted by atomic mass is 32.1. The summed E-state index contributed by atoms with van der Waals surface area (Å²) in [5, 5.41) is 13.8. The van der Waals surface area contributed by atoms with Crippen LogP contribution >= 0.6 is 11.3 Å². The molecule has 0 bridgehead atoms. The van der Waals surface area contributed by atoms with Crippen LogP contribution in [0.5, 0.6) is 0 Å². The number of aliphatic carboxylic acids is 1. The third-order valence-corrected chi connectivity index (χ3v) is 5.34. The van der Waals surface area contributed by atoms with Gasteiger partial charge >= 0.3 is 5.97 Å². The van der Waals surface area contributed by atoms with E-state index in [0.29, 0.717) is 12.3 Å². The molecule has 0 spiro atoms. The van der Waals surface area contributed by atoms with Gasteiger partial charge < -0.3 is 10.4 Å². The predicted molar refractivity (Wildman–Crippen MR) is 90.9 cm³/mol. The van der Waals surface area contributed by atoms with Crippen LogP contribution in [-0.2, 0) is 16.0 Å². The van der Waals surface area contributed by atoms with Crippen molar-refractivity contribution in [3.05, 3.63) is 51.7 Å². The predicted octanol–water partition coefficient (Wildman–Crippen LogP) is 3.82. The fourth-order valence-electron chi connectivity index (χ4n) is 2.83. The summed E-state index contributed by atoms with van der Waals surface area (Å²) in [5.41, 5.74) is 2.93. The van der Waals surface area contributed by atoms with E-state index in [0.717, 1.165) is 17.7 Å². The molecule has 120 valence electrons. The highest BCUT2D eigenvalue weighted by molar-refractivity contribution is 7.10. The fraction of sp³-hybridized carbons (Fsp3) is 0.333. The lowest BCUT2D eigenvalue weighted by molar-refractivity contribution is -0.137. The van der Waals surface area contributed by atoms with Crippen LogP contribution in [0.25, 0.3) is 0 Å². The molecule has 1 saturated carbocycles. The maximum Gasteiger partial charge on any atom is 0.303 e. The molecule has 5 heteroatoms. The van der Waals surface area contributed by atoms with Crippen molar-refractivity contribution < 1.29 is 14.7 Å². The summed E-state index contributed by atoms with van der Waals surface area (Å²) >= 11 is 1.72. The molecular weight excluding hydrogens is 310 g/mol. The van der Waals surface area contributed by atoms with Crippen molar-refractivity contribution in [2.75, 3.05) is 5.32 Å². The maximum atomic E-state index is 12.4. The number of amides is 1. The van der Waals surface area contributed by atoms with Crippen LogP contribution in [-0.4, -0.2) is 17.0 Å². The first-order valence-electron chi connectivity index (χ1n) is 7.70. The summed E-state index contributed by atoms with van der Waals surface area (Å²) in [6.07, 6.45) is 1.48. The van der Waals surface area contributed by atoms with Gasteiger partial charge in [-0.1, -0.05) is 12.1 Å². The maximum absolute atomic E-state index is 12.4. The third-order valence-electron chi connectivity index (χ3n) is 4.19. The van der Waals surface area contributed by atoms with Crippen LogP contribution in [0.2, 0.25) is 0 Å². The number of thiophene rings is 1. The summed E-state index contributed by atoms with van der Waals surface area (Å²) in [4.78, 5) is 24.3. The van der Waals surface area contributed by atoms with Gasteiger partial charge in [0.25, 0.3) is 0 Å². The minimum absolute atomic E-state index is 0.0509. The number of carboxylic acids is 1. The standard InChI is InChI=1S/C18H19NO3S/c1-11-7-8-23-17(11)14-10-15(14)18(22)19-13-4-2-3-12(9-13)5-6-16(20)21/h2-4,7-9,14-15H,5-6,10H2,1H3,(H,19,22)(H,20,21). The number of hydrogen-bond acceptors (Lipinski definition) is 3. The second-order valence-electron chi connectivity index (χ2n) is 6.00. The highest BCUT2D eigenvalue weighted by Crippen LogP contribution is 2.50. The highest BCUT2D eigenvalue weighted by Gasteiger charge is 2.45. The average Bonchev–Trinajstić information content (AvgIpc) is 3.20. The van der Waals surface area contributed by atoms with Crippen molar-refractivity contribution in [3.8, 4) is 0 Å². The van der Waals surface area contributed by atoms with E-state index < -0.39 is 5.97 Å². The lowest BCUT2D eigenvalue weighted by atomic mass is 10.1. The van der Waals surface area contributed by atoms with E-state index in [-0.39, 0.29) is 18.2 Å². The van der Waals surface area contributed by atoms with Gasteiger partial charge in [0.05, 0.1) is 0 Å². The number of rotatable bonds is 6. The molecule has 0 saturated heterocycles. The van der Waals surface area contributed by atoms with Crippen molar-refractivity contribution in [1.82, 2.24) is 0 Å². The number of benzene rings is 1. The molecule has 1 amide bonds. The fourth-order valence-corrected chi connectivity index (χ4v) is 3.94. The minimum atomic E-state index is -0.813. The number of carboxylic acid groups (broad SMARTS) is 1. The molecule has 1 aromatic heterocycles. The van der Waals surface area contributed by atoms with Gasteiger partial charge in [-0.3, -0.25) is 9.59 Å². The van der Waals surface area contributed by atoms with Gasteiger partial charge in [-0.25, -0.2) is 0 Å². The van der Waals surface area contributed by atoms with Crippen molar-refractivity contribution in [2.24, 2.45) is 5.92 Å². The molecule has 2 atom stereocenters. The van der Waals surface area contributed by atoms with Crippen LogP contribution in [0.4, 0.5) is 5.69 Å². The molecule has 23 heavy (non-hydrogen) atoms. The number of anilines is 1. The third kappa shape index (κ3) is 3.79. The largest absolute Gasteiger partial charge is 0.481 e. The first-order chi connectivity index (χ1) is 11.0. The SMILES string of the molecule is Cc1ccsc1C1CC1C(=O)Nc1cccc(CCC(=O)O)c1. The van der Waals surface area contributed by atoms with E-state index in [4.69, 9.17) is 5.11 Å². The Morgan fingerprint density at radius 3 is 2.87 bits per heavy atom. The molecule has 1 aliphatic rings. The van der Waals surface area contributed by atoms with E-state index >= 15 is 0 Å². The summed E-state index contributed by atoms with van der Waals surface area (Å²) in [6, 6.07) is 9.53. The number of carbonyl (C=O) groups excluding carboxylic acids is 1. The molecule has 1 aliphatic carbocycles. The quantitative estimate of drug-likeness (QED) is 0.847. The molecule has 4 nitrogen and oxygen atoms in total. The molecule has 1 heterocycles. The van der Waals surface area contributed by atoms with Gasteiger partial charge in [0, 0.05) is 28.8 Å². The Morgan fingerprint density at radius 1 is 1.35 bits per heavy atom. The van der Waals surface area contributed by atoms with Gasteiger partial charge in [0.1, 0.15) is 0 Å². The van der Waals surface area contributed by atoms with Crippen molar-refractivity contribution >= 4 is 28.9 Å². The van der Waals surface area contributed by atoms with Gasteiger partial charge in [-0.2, -0.15) is 0 Å². The topological polar surface area (TPSA) is 66.4 Å². The van der Waals surface area contributed by atoms with E-state index in [1.807, 2.05) is 24.3 Å². The summed E-state index contributed by atoms with van der Waals surface area (Å²) in [5.74, 6) is -0.356. The Labute approximate surface area is 139 Å². The Kier molecular flexibility index (Phi) is 4.48. The molecule has 3 rings (SSSR count). The Hall–Kier alpha value is -2.14. The summed E-state index contributed by atoms with van der Waals surface area (Å²) in [7, 11) is 0. The number of hydrogen-bond donors (Lipinski definition) is 2. The Balaban J connectivity index is 1.60. The second kappa shape index (κ2) is 6.54. The van der Waals surface area contributed by atoms with Gasteiger partial charge in [-0.15, -0.1) is 11.3 Å². The van der Waals surface area contributed by atoms with Gasteiger partial charge in [-0.05, 0) is 54.5 Å². The Bertz CT molecular complexity index is 737. The first kappa shape index (κ1) is 15.7. The van der Waals surface area contributed by atoms with Crippen LogP contribution in [0.3, 0.4) is 0 Å². The summed E-state index contributed by atoms with van der Waals surface area (Å²) in [6.45, 7) is 2.09. The average molecular weight is 329 g/mol.